The molecule has 2 rings (SSSR count). The predicted octanol–water partition coefficient (Wildman–Crippen LogP) is 2.10. The maximum atomic E-state index is 13.0. The van der Waals surface area contributed by atoms with Gasteiger partial charge < -0.3 is 0 Å². The second-order valence-corrected chi connectivity index (χ2v) is 3.70. The molecule has 1 atom stereocenters. The Morgan fingerprint density at radius 3 is 2.93 bits per heavy atom. The smallest absolute Gasteiger partial charge is 0.174 e. The standard InChI is InChI=1S/C9H8ClFN4/c1-6(10)9-12-13-14-15(9)8-4-2-3-7(11)5-8/h2-6H,1H3. The van der Waals surface area contributed by atoms with E-state index in [1.165, 1.54) is 16.8 Å². The van der Waals surface area contributed by atoms with Gasteiger partial charge in [-0.25, -0.2) is 4.39 Å². The minimum Gasteiger partial charge on any atom is -0.207 e. The van der Waals surface area contributed by atoms with Crippen molar-refractivity contribution in [2.75, 3.05) is 0 Å². The lowest BCUT2D eigenvalue weighted by molar-refractivity contribution is 0.624. The van der Waals surface area contributed by atoms with Gasteiger partial charge in [0.25, 0.3) is 0 Å². The fourth-order valence-electron chi connectivity index (χ4n) is 1.23. The van der Waals surface area contributed by atoms with Crippen molar-refractivity contribution in [2.24, 2.45) is 0 Å². The molecule has 0 fully saturated rings. The molecule has 78 valence electrons. The zero-order valence-electron chi connectivity index (χ0n) is 7.93. The second kappa shape index (κ2) is 3.94. The number of hydrogen-bond donors (Lipinski definition) is 0. The summed E-state index contributed by atoms with van der Waals surface area (Å²) in [5, 5.41) is 10.7. The van der Waals surface area contributed by atoms with E-state index in [0.717, 1.165) is 0 Å². The van der Waals surface area contributed by atoms with Gasteiger partial charge in [0.15, 0.2) is 5.82 Å². The van der Waals surface area contributed by atoms with Crippen LogP contribution in [-0.2, 0) is 0 Å². The molecule has 1 heterocycles. The van der Waals surface area contributed by atoms with Crippen LogP contribution in [-0.4, -0.2) is 20.2 Å². The number of halogens is 2. The molecule has 1 aromatic carbocycles. The number of rotatable bonds is 2. The Hall–Kier alpha value is -1.49. The Balaban J connectivity index is 2.49. The third kappa shape index (κ3) is 1.97. The van der Waals surface area contributed by atoms with E-state index in [9.17, 15) is 4.39 Å². The van der Waals surface area contributed by atoms with Crippen molar-refractivity contribution in [3.05, 3.63) is 35.9 Å². The van der Waals surface area contributed by atoms with Crippen LogP contribution in [0.2, 0.25) is 0 Å². The molecule has 0 N–H and O–H groups in total. The first-order valence-corrected chi connectivity index (χ1v) is 4.80. The van der Waals surface area contributed by atoms with Crippen LogP contribution in [0.5, 0.6) is 0 Å². The molecule has 0 radical (unpaired) electrons. The van der Waals surface area contributed by atoms with Gasteiger partial charge in [0.1, 0.15) is 5.82 Å². The fourth-order valence-corrected chi connectivity index (χ4v) is 1.37. The third-order valence-corrected chi connectivity index (χ3v) is 2.10. The van der Waals surface area contributed by atoms with Crippen LogP contribution in [0.1, 0.15) is 18.1 Å². The number of aromatic nitrogens is 4. The van der Waals surface area contributed by atoms with E-state index in [1.54, 1.807) is 19.1 Å². The van der Waals surface area contributed by atoms with Crippen LogP contribution >= 0.6 is 11.6 Å². The highest BCUT2D eigenvalue weighted by atomic mass is 35.5. The molecule has 0 aliphatic heterocycles. The molecule has 15 heavy (non-hydrogen) atoms. The van der Waals surface area contributed by atoms with Gasteiger partial charge >= 0.3 is 0 Å². The first-order valence-electron chi connectivity index (χ1n) is 4.37. The van der Waals surface area contributed by atoms with Crippen molar-refractivity contribution >= 4 is 11.6 Å². The van der Waals surface area contributed by atoms with Gasteiger partial charge in [-0.2, -0.15) is 4.68 Å². The summed E-state index contributed by atoms with van der Waals surface area (Å²) >= 11 is 5.88. The molecule has 0 saturated heterocycles. The highest BCUT2D eigenvalue weighted by Gasteiger charge is 2.13. The first-order chi connectivity index (χ1) is 7.18. The van der Waals surface area contributed by atoms with Crippen LogP contribution < -0.4 is 0 Å². The van der Waals surface area contributed by atoms with Crippen LogP contribution in [0.4, 0.5) is 4.39 Å². The van der Waals surface area contributed by atoms with Crippen molar-refractivity contribution in [3.63, 3.8) is 0 Å². The molecule has 6 heteroatoms. The lowest BCUT2D eigenvalue weighted by atomic mass is 10.3. The van der Waals surface area contributed by atoms with Gasteiger partial charge in [-0.1, -0.05) is 6.07 Å². The van der Waals surface area contributed by atoms with Crippen molar-refractivity contribution in [3.8, 4) is 5.69 Å². The molecule has 2 aromatic rings. The summed E-state index contributed by atoms with van der Waals surface area (Å²) in [6.45, 7) is 1.75. The zero-order valence-corrected chi connectivity index (χ0v) is 8.69. The van der Waals surface area contributed by atoms with Crippen molar-refractivity contribution in [1.29, 1.82) is 0 Å². The SMILES string of the molecule is CC(Cl)c1nnnn1-c1cccc(F)c1. The van der Waals surface area contributed by atoms with E-state index in [-0.39, 0.29) is 11.2 Å². The first kappa shape index (κ1) is 10.0. The molecular formula is C9H8ClFN4. The highest BCUT2D eigenvalue weighted by molar-refractivity contribution is 6.20. The quantitative estimate of drug-likeness (QED) is 0.737. The van der Waals surface area contributed by atoms with E-state index in [4.69, 9.17) is 11.6 Å². The summed E-state index contributed by atoms with van der Waals surface area (Å²) in [5.41, 5.74) is 0.558. The number of benzene rings is 1. The van der Waals surface area contributed by atoms with Gasteiger partial charge in [-0.15, -0.1) is 16.7 Å². The molecule has 1 unspecified atom stereocenters. The van der Waals surface area contributed by atoms with Crippen molar-refractivity contribution < 1.29 is 4.39 Å². The molecular weight excluding hydrogens is 219 g/mol. The van der Waals surface area contributed by atoms with Crippen molar-refractivity contribution in [1.82, 2.24) is 20.2 Å². The fraction of sp³-hybridized carbons (Fsp3) is 0.222. The predicted molar refractivity (Wildman–Crippen MR) is 53.4 cm³/mol. The minimum absolute atomic E-state index is 0.330. The van der Waals surface area contributed by atoms with E-state index in [0.29, 0.717) is 11.5 Å². The maximum Gasteiger partial charge on any atom is 0.174 e. The van der Waals surface area contributed by atoms with Gasteiger partial charge in [0.2, 0.25) is 0 Å². The van der Waals surface area contributed by atoms with E-state index >= 15 is 0 Å². The minimum atomic E-state index is -0.337. The monoisotopic (exact) mass is 226 g/mol. The molecule has 0 aliphatic carbocycles. The van der Waals surface area contributed by atoms with E-state index < -0.39 is 0 Å². The van der Waals surface area contributed by atoms with Gasteiger partial charge in [0, 0.05) is 0 Å². The largest absolute Gasteiger partial charge is 0.207 e. The van der Waals surface area contributed by atoms with E-state index in [1.807, 2.05) is 0 Å². The summed E-state index contributed by atoms with van der Waals surface area (Å²) in [7, 11) is 0. The zero-order chi connectivity index (χ0) is 10.8. The number of tetrazole rings is 1. The molecule has 1 aromatic heterocycles. The average Bonchev–Trinajstić information content (AvgIpc) is 2.65. The molecule has 0 saturated carbocycles. The lowest BCUT2D eigenvalue weighted by Gasteiger charge is -2.05. The number of nitrogens with zero attached hydrogens (tertiary/aromatic N) is 4. The number of hydrogen-bond acceptors (Lipinski definition) is 3. The summed E-state index contributed by atoms with van der Waals surface area (Å²) in [4.78, 5) is 0. The summed E-state index contributed by atoms with van der Waals surface area (Å²) in [5.74, 6) is 0.151. The molecule has 0 bridgehead atoms. The number of alkyl halides is 1. The van der Waals surface area contributed by atoms with Gasteiger partial charge in [0.05, 0.1) is 11.1 Å². The Morgan fingerprint density at radius 1 is 1.47 bits per heavy atom. The Kier molecular flexibility index (Phi) is 2.64. The van der Waals surface area contributed by atoms with Crippen molar-refractivity contribution in [2.45, 2.75) is 12.3 Å². The van der Waals surface area contributed by atoms with Crippen LogP contribution in [0.3, 0.4) is 0 Å². The molecule has 0 aliphatic rings. The second-order valence-electron chi connectivity index (χ2n) is 3.04. The summed E-state index contributed by atoms with van der Waals surface area (Å²) in [6.07, 6.45) is 0. The van der Waals surface area contributed by atoms with Crippen LogP contribution in [0, 0.1) is 5.82 Å². The van der Waals surface area contributed by atoms with Gasteiger partial charge in [-0.05, 0) is 35.5 Å². The molecule has 0 amide bonds. The normalized spacial score (nSPS) is 12.7. The average molecular weight is 227 g/mol. The Morgan fingerprint density at radius 2 is 2.27 bits per heavy atom. The molecule has 4 nitrogen and oxygen atoms in total. The van der Waals surface area contributed by atoms with E-state index in [2.05, 4.69) is 15.5 Å². The third-order valence-electron chi connectivity index (χ3n) is 1.90. The lowest BCUT2D eigenvalue weighted by Crippen LogP contribution is -2.03. The van der Waals surface area contributed by atoms with Crippen LogP contribution in [0.25, 0.3) is 5.69 Å². The highest BCUT2D eigenvalue weighted by Crippen LogP contribution is 2.19. The maximum absolute atomic E-state index is 13.0. The van der Waals surface area contributed by atoms with Crippen LogP contribution in [0.15, 0.2) is 24.3 Å². The summed E-state index contributed by atoms with van der Waals surface area (Å²) in [6, 6.07) is 6.01. The summed E-state index contributed by atoms with van der Waals surface area (Å²) < 4.78 is 14.4. The Bertz CT molecular complexity index is 469. The topological polar surface area (TPSA) is 43.6 Å². The van der Waals surface area contributed by atoms with Gasteiger partial charge in [-0.3, -0.25) is 0 Å². The molecule has 0 spiro atoms. The Labute approximate surface area is 90.7 Å².